The number of rotatable bonds is 4. The van der Waals surface area contributed by atoms with Crippen molar-refractivity contribution < 1.29 is 0 Å². The van der Waals surface area contributed by atoms with Gasteiger partial charge < -0.3 is 4.90 Å². The second kappa shape index (κ2) is 4.13. The van der Waals surface area contributed by atoms with Crippen LogP contribution in [0.15, 0.2) is 48.4 Å². The molecular formula is C12H17N. The summed E-state index contributed by atoms with van der Waals surface area (Å²) in [6.45, 7) is 12.8. The summed E-state index contributed by atoms with van der Waals surface area (Å²) in [6.07, 6.45) is 7.26. The molecule has 1 saturated heterocycles. The van der Waals surface area contributed by atoms with Gasteiger partial charge >= 0.3 is 0 Å². The van der Waals surface area contributed by atoms with E-state index >= 15 is 0 Å². The lowest BCUT2D eigenvalue weighted by Crippen LogP contribution is -1.99. The van der Waals surface area contributed by atoms with Gasteiger partial charge in [0.15, 0.2) is 0 Å². The highest BCUT2D eigenvalue weighted by Crippen LogP contribution is 2.36. The van der Waals surface area contributed by atoms with Gasteiger partial charge in [-0.1, -0.05) is 38.3 Å². The third-order valence-electron chi connectivity index (χ3n) is 2.23. The Kier molecular flexibility index (Phi) is 3.13. The summed E-state index contributed by atoms with van der Waals surface area (Å²) in [6, 6.07) is 0. The summed E-state index contributed by atoms with van der Waals surface area (Å²) in [5, 5.41) is 0. The molecule has 1 heterocycles. The van der Waals surface area contributed by atoms with E-state index in [1.807, 2.05) is 13.0 Å². The first-order chi connectivity index (χ1) is 6.24. The molecule has 0 aromatic carbocycles. The molecule has 0 bridgehead atoms. The number of hydrogen-bond acceptors (Lipinski definition) is 1. The van der Waals surface area contributed by atoms with Crippen LogP contribution in [0, 0.1) is 0 Å². The van der Waals surface area contributed by atoms with Crippen LogP contribution in [0.4, 0.5) is 0 Å². The monoisotopic (exact) mass is 175 g/mol. The Morgan fingerprint density at radius 1 is 1.54 bits per heavy atom. The van der Waals surface area contributed by atoms with Crippen LogP contribution in [-0.2, 0) is 0 Å². The van der Waals surface area contributed by atoms with Crippen molar-refractivity contribution in [3.05, 3.63) is 48.4 Å². The molecule has 0 unspecified atom stereocenters. The largest absolute Gasteiger partial charge is 0.334 e. The predicted molar refractivity (Wildman–Crippen MR) is 58.2 cm³/mol. The normalized spacial score (nSPS) is 19.5. The molecule has 1 fully saturated rings. The third-order valence-corrected chi connectivity index (χ3v) is 2.23. The molecule has 13 heavy (non-hydrogen) atoms. The fraction of sp³-hybridized carbons (Fsp3) is 0.333. The van der Waals surface area contributed by atoms with Crippen LogP contribution in [0.2, 0.25) is 0 Å². The van der Waals surface area contributed by atoms with Crippen LogP contribution in [0.3, 0.4) is 0 Å². The van der Waals surface area contributed by atoms with Crippen molar-refractivity contribution in [2.24, 2.45) is 0 Å². The van der Waals surface area contributed by atoms with Crippen molar-refractivity contribution in [3.8, 4) is 0 Å². The van der Waals surface area contributed by atoms with Gasteiger partial charge in [-0.2, -0.15) is 0 Å². The van der Waals surface area contributed by atoms with E-state index in [-0.39, 0.29) is 0 Å². The molecule has 1 rings (SSSR count). The van der Waals surface area contributed by atoms with Gasteiger partial charge in [-0.25, -0.2) is 0 Å². The zero-order valence-electron chi connectivity index (χ0n) is 8.51. The van der Waals surface area contributed by atoms with Gasteiger partial charge in [0.25, 0.3) is 0 Å². The molecule has 0 aromatic heterocycles. The maximum absolute atomic E-state index is 3.97. The highest BCUT2D eigenvalue weighted by atomic mass is 15.3. The van der Waals surface area contributed by atoms with Gasteiger partial charge in [0.1, 0.15) is 0 Å². The molecule has 70 valence electrons. The van der Waals surface area contributed by atoms with Crippen molar-refractivity contribution in [1.29, 1.82) is 0 Å². The minimum atomic E-state index is 0.921. The zero-order chi connectivity index (χ0) is 9.84. The average molecular weight is 175 g/mol. The molecule has 1 aliphatic rings. The first-order valence-corrected chi connectivity index (χ1v) is 4.69. The SMILES string of the molecule is C=C/C(=C\C)CN1C(=C)/C1=C\CC. The predicted octanol–water partition coefficient (Wildman–Crippen LogP) is 3.24. The highest BCUT2D eigenvalue weighted by Gasteiger charge is 2.30. The number of nitrogens with zero attached hydrogens (tertiary/aromatic N) is 1. The molecule has 0 aliphatic carbocycles. The standard InChI is InChI=1S/C12H17N/c1-5-8-12-10(4)13(12)9-11(6-2)7-3/h6-8H,2,4-5,9H2,1,3H3/b11-7+,12-8+. The molecule has 0 atom stereocenters. The van der Waals surface area contributed by atoms with Gasteiger partial charge in [-0.15, -0.1) is 0 Å². The molecule has 1 heteroatoms. The minimum Gasteiger partial charge on any atom is -0.334 e. The smallest absolute Gasteiger partial charge is 0.0609 e. The Labute approximate surface area is 80.7 Å². The molecule has 0 amide bonds. The van der Waals surface area contributed by atoms with Crippen LogP contribution in [0.1, 0.15) is 20.3 Å². The molecule has 0 saturated carbocycles. The highest BCUT2D eigenvalue weighted by molar-refractivity contribution is 5.46. The van der Waals surface area contributed by atoms with E-state index in [9.17, 15) is 0 Å². The first-order valence-electron chi connectivity index (χ1n) is 4.69. The van der Waals surface area contributed by atoms with Crippen molar-refractivity contribution in [2.45, 2.75) is 20.3 Å². The summed E-state index contributed by atoms with van der Waals surface area (Å²) < 4.78 is 0. The van der Waals surface area contributed by atoms with Crippen molar-refractivity contribution >= 4 is 0 Å². The molecule has 0 aromatic rings. The summed E-state index contributed by atoms with van der Waals surface area (Å²) in [5.41, 5.74) is 3.70. The lowest BCUT2D eigenvalue weighted by molar-refractivity contribution is 0.676. The zero-order valence-corrected chi connectivity index (χ0v) is 8.51. The Bertz CT molecular complexity index is 281. The van der Waals surface area contributed by atoms with Crippen LogP contribution in [-0.4, -0.2) is 11.4 Å². The summed E-state index contributed by atoms with van der Waals surface area (Å²) >= 11 is 0. The van der Waals surface area contributed by atoms with Crippen LogP contribution in [0.25, 0.3) is 0 Å². The van der Waals surface area contributed by atoms with Gasteiger partial charge in [-0.3, -0.25) is 0 Å². The van der Waals surface area contributed by atoms with E-state index in [4.69, 9.17) is 0 Å². The van der Waals surface area contributed by atoms with Crippen LogP contribution in [0.5, 0.6) is 0 Å². The second-order valence-corrected chi connectivity index (χ2v) is 3.10. The Balaban J connectivity index is 2.55. The van der Waals surface area contributed by atoms with Gasteiger partial charge in [-0.05, 0) is 18.9 Å². The molecular weight excluding hydrogens is 158 g/mol. The molecule has 0 spiro atoms. The Morgan fingerprint density at radius 2 is 2.23 bits per heavy atom. The minimum absolute atomic E-state index is 0.921. The molecule has 0 radical (unpaired) electrons. The van der Waals surface area contributed by atoms with E-state index in [1.165, 1.54) is 11.3 Å². The number of allylic oxidation sites excluding steroid dienone is 2. The Morgan fingerprint density at radius 3 is 2.69 bits per heavy atom. The summed E-state index contributed by atoms with van der Waals surface area (Å²) in [5.74, 6) is 0. The van der Waals surface area contributed by atoms with Crippen LogP contribution < -0.4 is 0 Å². The molecule has 0 N–H and O–H groups in total. The van der Waals surface area contributed by atoms with Crippen LogP contribution >= 0.6 is 0 Å². The maximum Gasteiger partial charge on any atom is 0.0609 e. The van der Waals surface area contributed by atoms with E-state index in [1.54, 1.807) is 0 Å². The molecule has 1 nitrogen and oxygen atoms in total. The maximum atomic E-state index is 3.97. The van der Waals surface area contributed by atoms with E-state index in [2.05, 4.69) is 37.1 Å². The van der Waals surface area contributed by atoms with Crippen molar-refractivity contribution in [1.82, 2.24) is 4.90 Å². The summed E-state index contributed by atoms with van der Waals surface area (Å²) in [4.78, 5) is 2.21. The third kappa shape index (κ3) is 2.11. The quantitative estimate of drug-likeness (QED) is 0.468. The lowest BCUT2D eigenvalue weighted by Gasteiger charge is -2.00. The fourth-order valence-corrected chi connectivity index (χ4v) is 1.31. The van der Waals surface area contributed by atoms with Gasteiger partial charge in [0, 0.05) is 6.54 Å². The first kappa shape index (κ1) is 9.85. The average Bonchev–Trinajstić information content (AvgIpc) is 2.74. The van der Waals surface area contributed by atoms with Gasteiger partial charge in [0.05, 0.1) is 11.4 Å². The van der Waals surface area contributed by atoms with Gasteiger partial charge in [0.2, 0.25) is 0 Å². The second-order valence-electron chi connectivity index (χ2n) is 3.10. The van der Waals surface area contributed by atoms with E-state index < -0.39 is 0 Å². The van der Waals surface area contributed by atoms with E-state index in [0.29, 0.717) is 0 Å². The van der Waals surface area contributed by atoms with Crippen molar-refractivity contribution in [2.75, 3.05) is 6.54 Å². The fourth-order valence-electron chi connectivity index (χ4n) is 1.31. The number of hydrogen-bond donors (Lipinski definition) is 0. The summed E-state index contributed by atoms with van der Waals surface area (Å²) in [7, 11) is 0. The van der Waals surface area contributed by atoms with Crippen molar-refractivity contribution in [3.63, 3.8) is 0 Å². The van der Waals surface area contributed by atoms with E-state index in [0.717, 1.165) is 18.7 Å². The molecule has 1 aliphatic heterocycles. The lowest BCUT2D eigenvalue weighted by atomic mass is 10.2. The topological polar surface area (TPSA) is 3.01 Å². The Hall–Kier alpha value is -1.24.